The van der Waals surface area contributed by atoms with Gasteiger partial charge >= 0.3 is 0 Å². The SMILES string of the molecule is O=C(CC1CNCCO1)NCc1nc(-c2cccc(F)c2)c(-c2ccccn2)[nH]1. The Labute approximate surface area is 167 Å². The van der Waals surface area contributed by atoms with Crippen molar-refractivity contribution in [3.63, 3.8) is 0 Å². The van der Waals surface area contributed by atoms with E-state index < -0.39 is 0 Å². The minimum absolute atomic E-state index is 0.109. The van der Waals surface area contributed by atoms with E-state index in [1.54, 1.807) is 18.3 Å². The van der Waals surface area contributed by atoms with Gasteiger partial charge in [0.2, 0.25) is 5.91 Å². The highest BCUT2D eigenvalue weighted by atomic mass is 19.1. The van der Waals surface area contributed by atoms with E-state index in [0.717, 1.165) is 6.54 Å². The minimum atomic E-state index is -0.339. The molecule has 8 heteroatoms. The highest BCUT2D eigenvalue weighted by molar-refractivity contribution is 5.78. The van der Waals surface area contributed by atoms with Crippen molar-refractivity contribution in [1.82, 2.24) is 25.6 Å². The number of pyridine rings is 1. The quantitative estimate of drug-likeness (QED) is 0.596. The second-order valence-electron chi connectivity index (χ2n) is 6.81. The molecular formula is C21H22FN5O2. The molecule has 0 aliphatic carbocycles. The lowest BCUT2D eigenvalue weighted by molar-refractivity contribution is -0.124. The molecular weight excluding hydrogens is 373 g/mol. The normalized spacial score (nSPS) is 16.5. The van der Waals surface area contributed by atoms with E-state index in [2.05, 4.69) is 25.6 Å². The van der Waals surface area contributed by atoms with Crippen LogP contribution in [-0.4, -0.2) is 46.7 Å². The smallest absolute Gasteiger partial charge is 0.223 e. The Bertz CT molecular complexity index is 970. The summed E-state index contributed by atoms with van der Waals surface area (Å²) in [6.07, 6.45) is 1.86. The van der Waals surface area contributed by atoms with Crippen LogP contribution in [0.4, 0.5) is 4.39 Å². The number of nitrogens with one attached hydrogen (secondary N) is 3. The molecule has 4 rings (SSSR count). The van der Waals surface area contributed by atoms with E-state index in [0.29, 0.717) is 41.6 Å². The van der Waals surface area contributed by atoms with Gasteiger partial charge in [-0.1, -0.05) is 18.2 Å². The van der Waals surface area contributed by atoms with E-state index in [1.807, 2.05) is 18.2 Å². The number of rotatable bonds is 6. The Morgan fingerprint density at radius 1 is 1.28 bits per heavy atom. The van der Waals surface area contributed by atoms with Crippen LogP contribution in [0.5, 0.6) is 0 Å². The molecule has 1 aliphatic rings. The molecule has 7 nitrogen and oxygen atoms in total. The van der Waals surface area contributed by atoms with Crippen molar-refractivity contribution >= 4 is 5.91 Å². The van der Waals surface area contributed by atoms with Crippen molar-refractivity contribution < 1.29 is 13.9 Å². The van der Waals surface area contributed by atoms with Crippen LogP contribution in [0.25, 0.3) is 22.6 Å². The number of imidazole rings is 1. The molecule has 1 amide bonds. The molecule has 150 valence electrons. The van der Waals surface area contributed by atoms with E-state index in [9.17, 15) is 9.18 Å². The van der Waals surface area contributed by atoms with Crippen LogP contribution >= 0.6 is 0 Å². The molecule has 1 fully saturated rings. The molecule has 0 saturated carbocycles. The van der Waals surface area contributed by atoms with Gasteiger partial charge in [0.05, 0.1) is 42.8 Å². The number of hydrogen-bond acceptors (Lipinski definition) is 5. The summed E-state index contributed by atoms with van der Waals surface area (Å²) >= 11 is 0. The van der Waals surface area contributed by atoms with Crippen LogP contribution in [0.2, 0.25) is 0 Å². The van der Waals surface area contributed by atoms with E-state index >= 15 is 0 Å². The first kappa shape index (κ1) is 19.2. The van der Waals surface area contributed by atoms with Crippen molar-refractivity contribution in [2.24, 2.45) is 0 Å². The summed E-state index contributed by atoms with van der Waals surface area (Å²) in [5, 5.41) is 6.07. The van der Waals surface area contributed by atoms with Crippen molar-refractivity contribution in [2.45, 2.75) is 19.1 Å². The predicted molar refractivity (Wildman–Crippen MR) is 106 cm³/mol. The van der Waals surface area contributed by atoms with Gasteiger partial charge in [0.15, 0.2) is 0 Å². The minimum Gasteiger partial charge on any atom is -0.375 e. The van der Waals surface area contributed by atoms with Crippen molar-refractivity contribution in [3.05, 3.63) is 60.3 Å². The molecule has 1 unspecified atom stereocenters. The Balaban J connectivity index is 1.52. The number of ether oxygens (including phenoxy) is 1. The number of H-pyrrole nitrogens is 1. The monoisotopic (exact) mass is 395 g/mol. The summed E-state index contributed by atoms with van der Waals surface area (Å²) in [5.74, 6) is 0.121. The van der Waals surface area contributed by atoms with Crippen molar-refractivity contribution in [2.75, 3.05) is 19.7 Å². The number of morpholine rings is 1. The van der Waals surface area contributed by atoms with Gasteiger partial charge in [-0.25, -0.2) is 9.37 Å². The molecule has 0 bridgehead atoms. The largest absolute Gasteiger partial charge is 0.375 e. The number of aromatic nitrogens is 3. The van der Waals surface area contributed by atoms with Gasteiger partial charge in [-0.3, -0.25) is 9.78 Å². The Kier molecular flexibility index (Phi) is 5.92. The molecule has 1 aliphatic heterocycles. The highest BCUT2D eigenvalue weighted by Gasteiger charge is 2.19. The summed E-state index contributed by atoms with van der Waals surface area (Å²) in [6.45, 7) is 2.32. The van der Waals surface area contributed by atoms with Gasteiger partial charge < -0.3 is 20.4 Å². The van der Waals surface area contributed by atoms with Crippen LogP contribution in [0.1, 0.15) is 12.2 Å². The van der Waals surface area contributed by atoms with E-state index in [4.69, 9.17) is 4.74 Å². The summed E-state index contributed by atoms with van der Waals surface area (Å²) in [6, 6.07) is 11.8. The van der Waals surface area contributed by atoms with Gasteiger partial charge in [-0.05, 0) is 24.3 Å². The first-order valence-corrected chi connectivity index (χ1v) is 9.54. The van der Waals surface area contributed by atoms with Crippen LogP contribution in [0.15, 0.2) is 48.7 Å². The molecule has 2 aromatic heterocycles. The van der Waals surface area contributed by atoms with Gasteiger partial charge in [-0.15, -0.1) is 0 Å². The topological polar surface area (TPSA) is 91.9 Å². The number of halogens is 1. The summed E-state index contributed by atoms with van der Waals surface area (Å²) < 4.78 is 19.3. The Morgan fingerprint density at radius 3 is 2.97 bits per heavy atom. The van der Waals surface area contributed by atoms with E-state index in [1.165, 1.54) is 12.1 Å². The maximum atomic E-state index is 13.7. The first-order valence-electron chi connectivity index (χ1n) is 9.54. The number of benzene rings is 1. The van der Waals surface area contributed by atoms with Crippen molar-refractivity contribution in [3.8, 4) is 22.6 Å². The zero-order valence-electron chi connectivity index (χ0n) is 15.8. The predicted octanol–water partition coefficient (Wildman–Crippen LogP) is 2.27. The number of nitrogens with zero attached hydrogens (tertiary/aromatic N) is 2. The number of carbonyl (C=O) groups is 1. The summed E-state index contributed by atoms with van der Waals surface area (Å²) in [7, 11) is 0. The molecule has 3 heterocycles. The van der Waals surface area contributed by atoms with Gasteiger partial charge in [-0.2, -0.15) is 0 Å². The molecule has 0 radical (unpaired) electrons. The summed E-state index contributed by atoms with van der Waals surface area (Å²) in [5.41, 5.74) is 2.60. The van der Waals surface area contributed by atoms with E-state index in [-0.39, 0.29) is 30.8 Å². The maximum absolute atomic E-state index is 13.7. The summed E-state index contributed by atoms with van der Waals surface area (Å²) in [4.78, 5) is 24.4. The second kappa shape index (κ2) is 8.93. The van der Waals surface area contributed by atoms with Gasteiger partial charge in [0.25, 0.3) is 0 Å². The lowest BCUT2D eigenvalue weighted by atomic mass is 10.1. The molecule has 1 atom stereocenters. The average molecular weight is 395 g/mol. The fourth-order valence-corrected chi connectivity index (χ4v) is 3.26. The molecule has 3 aromatic rings. The molecule has 1 saturated heterocycles. The average Bonchev–Trinajstić information content (AvgIpc) is 3.18. The maximum Gasteiger partial charge on any atom is 0.223 e. The number of aromatic amines is 1. The Morgan fingerprint density at radius 2 is 2.21 bits per heavy atom. The zero-order chi connectivity index (χ0) is 20.1. The third-order valence-electron chi connectivity index (χ3n) is 4.64. The number of hydrogen-bond donors (Lipinski definition) is 3. The van der Waals surface area contributed by atoms with Crippen LogP contribution in [0.3, 0.4) is 0 Å². The third kappa shape index (κ3) is 4.85. The lowest BCUT2D eigenvalue weighted by Gasteiger charge is -2.22. The number of carbonyl (C=O) groups excluding carboxylic acids is 1. The zero-order valence-corrected chi connectivity index (χ0v) is 15.8. The third-order valence-corrected chi connectivity index (χ3v) is 4.64. The lowest BCUT2D eigenvalue weighted by Crippen LogP contribution is -2.41. The van der Waals surface area contributed by atoms with Crippen LogP contribution in [-0.2, 0) is 16.1 Å². The molecule has 3 N–H and O–H groups in total. The number of amides is 1. The van der Waals surface area contributed by atoms with Crippen LogP contribution in [0, 0.1) is 5.82 Å². The highest BCUT2D eigenvalue weighted by Crippen LogP contribution is 2.29. The molecule has 29 heavy (non-hydrogen) atoms. The van der Waals surface area contributed by atoms with Crippen molar-refractivity contribution in [1.29, 1.82) is 0 Å². The second-order valence-corrected chi connectivity index (χ2v) is 6.81. The van der Waals surface area contributed by atoms with Gasteiger partial charge in [0, 0.05) is 24.8 Å². The fraction of sp³-hybridized carbons (Fsp3) is 0.286. The standard InChI is InChI=1S/C21H22FN5O2/c22-15-5-3-4-14(10-15)20-21(17-6-1-2-7-24-17)27-18(26-20)13-25-19(28)11-16-12-23-8-9-29-16/h1-7,10,16,23H,8-9,11-13H2,(H,25,28)(H,26,27). The van der Waals surface area contributed by atoms with Gasteiger partial charge in [0.1, 0.15) is 11.6 Å². The fourth-order valence-electron chi connectivity index (χ4n) is 3.26. The Hall–Kier alpha value is -3.10. The van der Waals surface area contributed by atoms with Crippen LogP contribution < -0.4 is 10.6 Å². The molecule has 0 spiro atoms. The molecule has 1 aromatic carbocycles. The first-order chi connectivity index (χ1) is 14.2.